The minimum atomic E-state index is -0.633. The molecule has 1 aromatic rings. The van der Waals surface area contributed by atoms with Crippen molar-refractivity contribution in [3.8, 4) is 0 Å². The maximum atomic E-state index is 11.4. The molecule has 1 aliphatic heterocycles. The molecule has 0 aliphatic carbocycles. The zero-order valence-electron chi connectivity index (χ0n) is 11.7. The van der Waals surface area contributed by atoms with Gasteiger partial charge in [-0.15, -0.1) is 0 Å². The fourth-order valence-electron chi connectivity index (χ4n) is 2.82. The van der Waals surface area contributed by atoms with E-state index in [-0.39, 0.29) is 0 Å². The van der Waals surface area contributed by atoms with E-state index in [4.69, 9.17) is 0 Å². The van der Waals surface area contributed by atoms with Crippen molar-refractivity contribution >= 4 is 5.97 Å². The van der Waals surface area contributed by atoms with Crippen LogP contribution in [0, 0.1) is 12.3 Å². The minimum absolute atomic E-state index is 0.499. The molecule has 104 valence electrons. The van der Waals surface area contributed by atoms with E-state index in [0.717, 1.165) is 38.9 Å². The molecule has 0 bridgehead atoms. The van der Waals surface area contributed by atoms with Crippen LogP contribution in [-0.2, 0) is 11.3 Å². The van der Waals surface area contributed by atoms with Crippen molar-refractivity contribution in [2.75, 3.05) is 13.1 Å². The quantitative estimate of drug-likeness (QED) is 0.905. The second-order valence-corrected chi connectivity index (χ2v) is 5.59. The Bertz CT molecular complexity index is 451. The van der Waals surface area contributed by atoms with Crippen LogP contribution in [0.3, 0.4) is 0 Å². The third-order valence-electron chi connectivity index (χ3n) is 4.28. The number of hydrogen-bond acceptors (Lipinski definition) is 3. The molecule has 19 heavy (non-hydrogen) atoms. The van der Waals surface area contributed by atoms with Gasteiger partial charge in [0.25, 0.3) is 0 Å². The molecule has 4 heteroatoms. The van der Waals surface area contributed by atoms with Crippen molar-refractivity contribution in [2.24, 2.45) is 5.41 Å². The first-order chi connectivity index (χ1) is 9.05. The van der Waals surface area contributed by atoms with Gasteiger partial charge in [-0.05, 0) is 50.4 Å². The molecule has 1 aromatic heterocycles. The molecule has 1 N–H and O–H groups in total. The molecule has 1 aliphatic rings. The van der Waals surface area contributed by atoms with Gasteiger partial charge < -0.3 is 5.11 Å². The number of carboxylic acids is 1. The molecular formula is C15H22N2O2. The summed E-state index contributed by atoms with van der Waals surface area (Å²) in [6.07, 6.45) is 5.97. The summed E-state index contributed by atoms with van der Waals surface area (Å²) >= 11 is 0. The largest absolute Gasteiger partial charge is 0.481 e. The van der Waals surface area contributed by atoms with Gasteiger partial charge in [0.15, 0.2) is 0 Å². The average Bonchev–Trinajstić information content (AvgIpc) is 2.39. The van der Waals surface area contributed by atoms with E-state index in [9.17, 15) is 9.90 Å². The molecule has 0 radical (unpaired) electrons. The Morgan fingerprint density at radius 2 is 2.11 bits per heavy atom. The highest BCUT2D eigenvalue weighted by Crippen LogP contribution is 2.35. The third kappa shape index (κ3) is 3.13. The van der Waals surface area contributed by atoms with Crippen LogP contribution in [0.25, 0.3) is 0 Å². The number of aryl methyl sites for hydroxylation is 1. The number of aromatic nitrogens is 1. The maximum absolute atomic E-state index is 11.4. The monoisotopic (exact) mass is 262 g/mol. The summed E-state index contributed by atoms with van der Waals surface area (Å²) in [6, 6.07) is 2.14. The Morgan fingerprint density at radius 1 is 1.42 bits per heavy atom. The fourth-order valence-corrected chi connectivity index (χ4v) is 2.82. The van der Waals surface area contributed by atoms with Crippen molar-refractivity contribution in [1.82, 2.24) is 9.88 Å². The first kappa shape index (κ1) is 14.0. The summed E-state index contributed by atoms with van der Waals surface area (Å²) in [5.74, 6) is -0.633. The van der Waals surface area contributed by atoms with Crippen LogP contribution >= 0.6 is 0 Å². The fraction of sp³-hybridized carbons (Fsp3) is 0.600. The Balaban J connectivity index is 1.95. The van der Waals surface area contributed by atoms with Crippen LogP contribution in [-0.4, -0.2) is 34.0 Å². The molecule has 2 heterocycles. The van der Waals surface area contributed by atoms with Gasteiger partial charge in [0.05, 0.1) is 5.41 Å². The number of likely N-dealkylation sites (tertiary alicyclic amines) is 1. The Hall–Kier alpha value is -1.42. The summed E-state index contributed by atoms with van der Waals surface area (Å²) in [4.78, 5) is 17.9. The molecule has 0 unspecified atom stereocenters. The van der Waals surface area contributed by atoms with Crippen molar-refractivity contribution in [2.45, 2.75) is 39.7 Å². The number of carbonyl (C=O) groups is 1. The van der Waals surface area contributed by atoms with Crippen molar-refractivity contribution in [3.05, 3.63) is 29.6 Å². The molecular weight excluding hydrogens is 240 g/mol. The summed E-state index contributed by atoms with van der Waals surface area (Å²) in [7, 11) is 0. The van der Waals surface area contributed by atoms with E-state index in [0.29, 0.717) is 0 Å². The Morgan fingerprint density at radius 3 is 2.63 bits per heavy atom. The zero-order valence-corrected chi connectivity index (χ0v) is 11.7. The van der Waals surface area contributed by atoms with Crippen LogP contribution in [0.5, 0.6) is 0 Å². The maximum Gasteiger partial charge on any atom is 0.309 e. The first-order valence-electron chi connectivity index (χ1n) is 6.92. The smallest absolute Gasteiger partial charge is 0.309 e. The lowest BCUT2D eigenvalue weighted by Gasteiger charge is -2.38. The topological polar surface area (TPSA) is 53.4 Å². The molecule has 0 spiro atoms. The molecule has 0 aromatic carbocycles. The van der Waals surface area contributed by atoms with Crippen molar-refractivity contribution < 1.29 is 9.90 Å². The molecule has 1 saturated heterocycles. The molecule has 0 amide bonds. The van der Waals surface area contributed by atoms with Gasteiger partial charge in [-0.2, -0.15) is 0 Å². The van der Waals surface area contributed by atoms with Crippen LogP contribution < -0.4 is 0 Å². The van der Waals surface area contributed by atoms with Gasteiger partial charge in [0.2, 0.25) is 0 Å². The lowest BCUT2D eigenvalue weighted by molar-refractivity contribution is -0.152. The SMILES string of the molecule is CCC1(C(=O)O)CCN(Cc2cncc(C)c2)CC1. The first-order valence-corrected chi connectivity index (χ1v) is 6.92. The highest BCUT2D eigenvalue weighted by atomic mass is 16.4. The molecule has 1 fully saturated rings. The van der Waals surface area contributed by atoms with E-state index in [2.05, 4.69) is 16.0 Å². The highest BCUT2D eigenvalue weighted by Gasteiger charge is 2.39. The number of hydrogen-bond donors (Lipinski definition) is 1. The summed E-state index contributed by atoms with van der Waals surface area (Å²) in [5, 5.41) is 9.37. The van der Waals surface area contributed by atoms with E-state index >= 15 is 0 Å². The Kier molecular flexibility index (Phi) is 4.20. The van der Waals surface area contributed by atoms with Crippen molar-refractivity contribution in [1.29, 1.82) is 0 Å². The zero-order chi connectivity index (χ0) is 13.9. The predicted octanol–water partition coefficient (Wildman–Crippen LogP) is 2.47. The average molecular weight is 262 g/mol. The second kappa shape index (κ2) is 5.70. The lowest BCUT2D eigenvalue weighted by Crippen LogP contribution is -2.43. The van der Waals surface area contributed by atoms with Crippen LogP contribution in [0.2, 0.25) is 0 Å². The van der Waals surface area contributed by atoms with Gasteiger partial charge >= 0.3 is 5.97 Å². The van der Waals surface area contributed by atoms with E-state index in [1.54, 1.807) is 0 Å². The van der Waals surface area contributed by atoms with Crippen LogP contribution in [0.4, 0.5) is 0 Å². The number of piperidine rings is 1. The molecule has 0 atom stereocenters. The summed E-state index contributed by atoms with van der Waals surface area (Å²) < 4.78 is 0. The number of rotatable bonds is 4. The molecule has 2 rings (SSSR count). The normalized spacial score (nSPS) is 19.3. The lowest BCUT2D eigenvalue weighted by atomic mass is 9.76. The van der Waals surface area contributed by atoms with Gasteiger partial charge in [0.1, 0.15) is 0 Å². The summed E-state index contributed by atoms with van der Waals surface area (Å²) in [6.45, 7) is 6.60. The van der Waals surface area contributed by atoms with Gasteiger partial charge in [-0.25, -0.2) is 0 Å². The number of nitrogens with zero attached hydrogens (tertiary/aromatic N) is 2. The number of carboxylic acid groups (broad SMARTS) is 1. The number of pyridine rings is 1. The Labute approximate surface area is 114 Å². The highest BCUT2D eigenvalue weighted by molar-refractivity contribution is 5.74. The van der Waals surface area contributed by atoms with Gasteiger partial charge in [0, 0.05) is 18.9 Å². The molecule has 0 saturated carbocycles. The predicted molar refractivity (Wildman–Crippen MR) is 73.8 cm³/mol. The second-order valence-electron chi connectivity index (χ2n) is 5.59. The van der Waals surface area contributed by atoms with Gasteiger partial charge in [-0.3, -0.25) is 14.7 Å². The van der Waals surface area contributed by atoms with Crippen LogP contribution in [0.1, 0.15) is 37.3 Å². The van der Waals surface area contributed by atoms with E-state index < -0.39 is 11.4 Å². The minimum Gasteiger partial charge on any atom is -0.481 e. The standard InChI is InChI=1S/C15H22N2O2/c1-3-15(14(18)19)4-6-17(7-5-15)11-13-8-12(2)9-16-10-13/h8-10H,3-7,11H2,1-2H3,(H,18,19). The third-order valence-corrected chi connectivity index (χ3v) is 4.28. The molecule has 4 nitrogen and oxygen atoms in total. The van der Waals surface area contributed by atoms with Gasteiger partial charge in [-0.1, -0.05) is 13.0 Å². The van der Waals surface area contributed by atoms with Crippen molar-refractivity contribution in [3.63, 3.8) is 0 Å². The van der Waals surface area contributed by atoms with Crippen LogP contribution in [0.15, 0.2) is 18.5 Å². The van der Waals surface area contributed by atoms with E-state index in [1.165, 1.54) is 11.1 Å². The number of aliphatic carboxylic acids is 1. The van der Waals surface area contributed by atoms with E-state index in [1.807, 2.05) is 26.2 Å². The summed E-state index contributed by atoms with van der Waals surface area (Å²) in [5.41, 5.74) is 1.88.